The van der Waals surface area contributed by atoms with Crippen LogP contribution in [0.5, 0.6) is 0 Å². The molecule has 0 amide bonds. The average molecular weight is 195 g/mol. The molecule has 0 saturated heterocycles. The zero-order chi connectivity index (χ0) is 8.55. The minimum absolute atomic E-state index is 0.204. The number of thiazole rings is 1. The maximum absolute atomic E-state index is 11.0. The van der Waals surface area contributed by atoms with Crippen molar-refractivity contribution in [2.45, 2.75) is 0 Å². The first-order chi connectivity index (χ1) is 5.79. The van der Waals surface area contributed by atoms with Crippen LogP contribution in [0.2, 0.25) is 0 Å². The highest BCUT2D eigenvalue weighted by Crippen LogP contribution is 2.22. The minimum atomic E-state index is -0.204. The quantitative estimate of drug-likeness (QED) is 0.708. The molecule has 0 spiro atoms. The molecule has 0 unspecified atom stereocenters. The van der Waals surface area contributed by atoms with Crippen molar-refractivity contribution >= 4 is 39.3 Å². The van der Waals surface area contributed by atoms with Crippen LogP contribution in [0.3, 0.4) is 0 Å². The van der Waals surface area contributed by atoms with Gasteiger partial charge < -0.3 is 0 Å². The first kappa shape index (κ1) is 7.76. The van der Waals surface area contributed by atoms with E-state index in [1.807, 2.05) is 12.1 Å². The summed E-state index contributed by atoms with van der Waals surface area (Å²) in [5.41, 5.74) is 3.23. The molecule has 0 aliphatic carbocycles. The Morgan fingerprint density at radius 1 is 1.50 bits per heavy atom. The molecule has 0 saturated carbocycles. The van der Waals surface area contributed by atoms with Crippen LogP contribution < -0.4 is 0 Å². The molecule has 0 bridgehead atoms. The molecule has 60 valence electrons. The van der Waals surface area contributed by atoms with Crippen molar-refractivity contribution in [3.63, 3.8) is 0 Å². The highest BCUT2D eigenvalue weighted by Gasteiger charge is 2.06. The molecular weight excluding hydrogens is 190 g/mol. The number of carbonyl (C=O) groups is 1. The molecule has 1 aromatic carbocycles. The Kier molecular flexibility index (Phi) is 1.86. The van der Waals surface area contributed by atoms with E-state index in [1.54, 1.807) is 11.6 Å². The van der Waals surface area contributed by atoms with Gasteiger partial charge in [0.15, 0.2) is 0 Å². The summed E-state index contributed by atoms with van der Waals surface area (Å²) in [6.45, 7) is 0. The van der Waals surface area contributed by atoms with Gasteiger partial charge in [-0.1, -0.05) is 6.07 Å². The third-order valence-corrected chi connectivity index (χ3v) is 2.70. The highest BCUT2D eigenvalue weighted by molar-refractivity contribution is 7.97. The molecule has 12 heavy (non-hydrogen) atoms. The third-order valence-electron chi connectivity index (χ3n) is 1.59. The van der Waals surface area contributed by atoms with E-state index < -0.39 is 0 Å². The summed E-state index contributed by atoms with van der Waals surface area (Å²) in [6, 6.07) is 5.45. The molecule has 0 N–H and O–H groups in total. The lowest BCUT2D eigenvalue weighted by molar-refractivity contribution is 0.109. The summed E-state index contributed by atoms with van der Waals surface area (Å²) in [7, 11) is 0. The van der Waals surface area contributed by atoms with E-state index >= 15 is 0 Å². The highest BCUT2D eigenvalue weighted by atomic mass is 32.1. The van der Waals surface area contributed by atoms with Gasteiger partial charge in [0.2, 0.25) is 5.12 Å². The fourth-order valence-electron chi connectivity index (χ4n) is 1.05. The maximum atomic E-state index is 11.0. The number of thiol groups is 1. The van der Waals surface area contributed by atoms with Crippen LogP contribution in [0.15, 0.2) is 23.7 Å². The van der Waals surface area contributed by atoms with Gasteiger partial charge in [-0.2, -0.15) is 0 Å². The monoisotopic (exact) mass is 195 g/mol. The Bertz CT molecular complexity index is 435. The molecule has 2 nitrogen and oxygen atoms in total. The molecule has 0 atom stereocenters. The first-order valence-electron chi connectivity index (χ1n) is 3.34. The van der Waals surface area contributed by atoms with Crippen LogP contribution in [-0.2, 0) is 0 Å². The van der Waals surface area contributed by atoms with Crippen molar-refractivity contribution in [2.75, 3.05) is 0 Å². The lowest BCUT2D eigenvalue weighted by atomic mass is 10.2. The molecule has 2 rings (SSSR count). The fraction of sp³-hybridized carbons (Fsp3) is 0. The van der Waals surface area contributed by atoms with Gasteiger partial charge in [-0.25, -0.2) is 4.98 Å². The number of carbonyl (C=O) groups excluding carboxylic acids is 1. The summed E-state index contributed by atoms with van der Waals surface area (Å²) in [5.74, 6) is 0. The van der Waals surface area contributed by atoms with Crippen molar-refractivity contribution in [3.05, 3.63) is 29.3 Å². The Balaban J connectivity index is 2.82. The number of benzene rings is 1. The van der Waals surface area contributed by atoms with Gasteiger partial charge in [-0.3, -0.25) is 4.79 Å². The van der Waals surface area contributed by atoms with E-state index in [-0.39, 0.29) is 5.12 Å². The Hall–Kier alpha value is -0.870. The van der Waals surface area contributed by atoms with Crippen LogP contribution in [0.4, 0.5) is 0 Å². The number of hydrogen-bond donors (Lipinski definition) is 1. The minimum Gasteiger partial charge on any atom is -0.282 e. The molecule has 0 radical (unpaired) electrons. The van der Waals surface area contributed by atoms with Crippen molar-refractivity contribution in [1.29, 1.82) is 0 Å². The standard InChI is InChI=1S/C8H5NOS2/c10-8(11)5-2-1-3-6-7(5)12-4-9-6/h1-4H,(H,10,11). The van der Waals surface area contributed by atoms with E-state index in [0.29, 0.717) is 5.56 Å². The molecule has 4 heteroatoms. The van der Waals surface area contributed by atoms with Gasteiger partial charge >= 0.3 is 0 Å². The number of nitrogens with zero attached hydrogens (tertiary/aromatic N) is 1. The van der Waals surface area contributed by atoms with E-state index in [9.17, 15) is 4.79 Å². The largest absolute Gasteiger partial charge is 0.282 e. The van der Waals surface area contributed by atoms with E-state index in [1.165, 1.54) is 11.3 Å². The lowest BCUT2D eigenvalue weighted by Crippen LogP contribution is -1.87. The van der Waals surface area contributed by atoms with Crippen molar-refractivity contribution in [3.8, 4) is 0 Å². The zero-order valence-corrected chi connectivity index (χ0v) is 7.73. The van der Waals surface area contributed by atoms with Crippen molar-refractivity contribution in [2.24, 2.45) is 0 Å². The molecule has 1 heterocycles. The van der Waals surface area contributed by atoms with Crippen LogP contribution in [0, 0.1) is 0 Å². The van der Waals surface area contributed by atoms with E-state index in [4.69, 9.17) is 0 Å². The smallest absolute Gasteiger partial charge is 0.217 e. The summed E-state index contributed by atoms with van der Waals surface area (Å²) in [5, 5.41) is -0.204. The maximum Gasteiger partial charge on any atom is 0.217 e. The molecule has 0 fully saturated rings. The molecule has 0 aliphatic heterocycles. The number of fused-ring (bicyclic) bond motifs is 1. The summed E-state index contributed by atoms with van der Waals surface area (Å²) < 4.78 is 0.914. The van der Waals surface area contributed by atoms with E-state index in [0.717, 1.165) is 10.2 Å². The third kappa shape index (κ3) is 1.13. The van der Waals surface area contributed by atoms with Crippen LogP contribution in [0.25, 0.3) is 10.2 Å². The number of rotatable bonds is 1. The molecule has 1 aromatic heterocycles. The number of aromatic nitrogens is 1. The Morgan fingerprint density at radius 2 is 2.33 bits per heavy atom. The lowest BCUT2D eigenvalue weighted by Gasteiger charge is -1.93. The molecular formula is C8H5NOS2. The Labute approximate surface area is 78.7 Å². The van der Waals surface area contributed by atoms with Gasteiger partial charge in [0.1, 0.15) is 0 Å². The van der Waals surface area contributed by atoms with E-state index in [2.05, 4.69) is 17.6 Å². The van der Waals surface area contributed by atoms with Crippen LogP contribution in [0.1, 0.15) is 10.4 Å². The fourth-order valence-corrected chi connectivity index (χ4v) is 2.12. The molecule has 0 aliphatic rings. The normalized spacial score (nSPS) is 10.4. The number of hydrogen-bond acceptors (Lipinski definition) is 3. The average Bonchev–Trinajstić information content (AvgIpc) is 2.49. The zero-order valence-electron chi connectivity index (χ0n) is 6.02. The van der Waals surface area contributed by atoms with Crippen molar-refractivity contribution in [1.82, 2.24) is 4.98 Å². The van der Waals surface area contributed by atoms with Crippen LogP contribution >= 0.6 is 24.0 Å². The topological polar surface area (TPSA) is 30.0 Å². The first-order valence-corrected chi connectivity index (χ1v) is 4.67. The van der Waals surface area contributed by atoms with Gasteiger partial charge in [0.25, 0.3) is 0 Å². The summed E-state index contributed by atoms with van der Waals surface area (Å²) >= 11 is 5.24. The Morgan fingerprint density at radius 3 is 3.08 bits per heavy atom. The summed E-state index contributed by atoms with van der Waals surface area (Å²) in [4.78, 5) is 15.1. The van der Waals surface area contributed by atoms with Crippen LogP contribution in [-0.4, -0.2) is 10.1 Å². The second kappa shape index (κ2) is 2.88. The summed E-state index contributed by atoms with van der Waals surface area (Å²) in [6.07, 6.45) is 0. The second-order valence-corrected chi connectivity index (χ2v) is 3.57. The molecule has 2 aromatic rings. The van der Waals surface area contributed by atoms with Crippen molar-refractivity contribution < 1.29 is 4.79 Å². The predicted octanol–water partition coefficient (Wildman–Crippen LogP) is 2.37. The van der Waals surface area contributed by atoms with Gasteiger partial charge in [-0.05, 0) is 12.1 Å². The van der Waals surface area contributed by atoms with Gasteiger partial charge in [-0.15, -0.1) is 24.0 Å². The second-order valence-electron chi connectivity index (χ2n) is 2.31. The predicted molar refractivity (Wildman–Crippen MR) is 52.9 cm³/mol. The van der Waals surface area contributed by atoms with Gasteiger partial charge in [0, 0.05) is 5.56 Å². The van der Waals surface area contributed by atoms with Gasteiger partial charge in [0.05, 0.1) is 15.7 Å². The SMILES string of the molecule is O=C(S)c1cccc2ncsc12.